The molecule has 0 fully saturated rings. The summed E-state index contributed by atoms with van der Waals surface area (Å²) in [6.45, 7) is 3.86. The molecule has 0 radical (unpaired) electrons. The summed E-state index contributed by atoms with van der Waals surface area (Å²) in [5, 5.41) is 11.6. The number of aryl methyl sites for hydroxylation is 1. The molecular formula is C14H19NO4. The highest BCUT2D eigenvalue weighted by molar-refractivity contribution is 5.78. The zero-order valence-corrected chi connectivity index (χ0v) is 11.2. The molecule has 0 heterocycles. The van der Waals surface area contributed by atoms with Gasteiger partial charge in [0.05, 0.1) is 6.61 Å². The Labute approximate surface area is 112 Å². The van der Waals surface area contributed by atoms with E-state index in [1.165, 1.54) is 0 Å². The number of carbonyl (C=O) groups is 2. The maximum absolute atomic E-state index is 11.4. The lowest BCUT2D eigenvalue weighted by Gasteiger charge is -2.14. The van der Waals surface area contributed by atoms with Gasteiger partial charge in [-0.3, -0.25) is 4.79 Å². The molecule has 5 nitrogen and oxygen atoms in total. The molecule has 0 saturated carbocycles. The monoisotopic (exact) mass is 265 g/mol. The number of hydrogen-bond acceptors (Lipinski definition) is 4. The minimum Gasteiger partial charge on any atom is -0.481 e. The van der Waals surface area contributed by atoms with Crippen molar-refractivity contribution in [3.05, 3.63) is 29.8 Å². The number of ether oxygens (including phenoxy) is 1. The minimum atomic E-state index is -0.807. The number of hydrogen-bond donors (Lipinski definition) is 2. The van der Waals surface area contributed by atoms with Crippen LogP contribution in [0.4, 0.5) is 5.69 Å². The predicted octanol–water partition coefficient (Wildman–Crippen LogP) is 2.07. The van der Waals surface area contributed by atoms with Crippen LogP contribution in [0.25, 0.3) is 0 Å². The Hall–Kier alpha value is -2.04. The molecule has 1 rings (SSSR count). The van der Waals surface area contributed by atoms with Crippen LogP contribution in [-0.2, 0) is 20.7 Å². The van der Waals surface area contributed by atoms with Gasteiger partial charge in [-0.15, -0.1) is 0 Å². The number of anilines is 1. The molecule has 1 aromatic carbocycles. The minimum absolute atomic E-state index is 0.117. The van der Waals surface area contributed by atoms with E-state index in [9.17, 15) is 9.59 Å². The van der Waals surface area contributed by atoms with Gasteiger partial charge in [0.25, 0.3) is 0 Å². The van der Waals surface area contributed by atoms with E-state index in [1.54, 1.807) is 13.8 Å². The van der Waals surface area contributed by atoms with Gasteiger partial charge in [0.2, 0.25) is 0 Å². The highest BCUT2D eigenvalue weighted by atomic mass is 16.5. The third kappa shape index (κ3) is 5.42. The first-order valence-electron chi connectivity index (χ1n) is 6.26. The van der Waals surface area contributed by atoms with E-state index in [1.807, 2.05) is 24.3 Å². The van der Waals surface area contributed by atoms with Crippen LogP contribution in [0.2, 0.25) is 0 Å². The van der Waals surface area contributed by atoms with E-state index in [-0.39, 0.29) is 12.4 Å². The number of esters is 1. The normalized spacial score (nSPS) is 11.7. The Kier molecular flexibility index (Phi) is 5.85. The van der Waals surface area contributed by atoms with Crippen molar-refractivity contribution >= 4 is 17.6 Å². The molecule has 1 atom stereocenters. The fourth-order valence-corrected chi connectivity index (χ4v) is 1.60. The van der Waals surface area contributed by atoms with Crippen LogP contribution in [0.15, 0.2) is 24.3 Å². The van der Waals surface area contributed by atoms with Crippen LogP contribution < -0.4 is 5.32 Å². The fraction of sp³-hybridized carbons (Fsp3) is 0.429. The molecule has 0 aliphatic carbocycles. The average Bonchev–Trinajstić information content (AvgIpc) is 2.38. The maximum atomic E-state index is 11.4. The van der Waals surface area contributed by atoms with Gasteiger partial charge in [0, 0.05) is 12.1 Å². The standard InChI is InChI=1S/C14H19NO4/c1-3-19-14(18)10(2)15-12-7-4-11(5-8-12)6-9-13(16)17/h4-5,7-8,10,15H,3,6,9H2,1-2H3,(H,16,17)/t10-/m0/s1. The Bertz CT molecular complexity index is 428. The summed E-state index contributed by atoms with van der Waals surface area (Å²) < 4.78 is 4.90. The second-order valence-corrected chi connectivity index (χ2v) is 4.21. The van der Waals surface area contributed by atoms with Crippen molar-refractivity contribution < 1.29 is 19.4 Å². The molecule has 1 aromatic rings. The van der Waals surface area contributed by atoms with Gasteiger partial charge in [-0.1, -0.05) is 12.1 Å². The van der Waals surface area contributed by atoms with Gasteiger partial charge < -0.3 is 15.2 Å². The van der Waals surface area contributed by atoms with Gasteiger partial charge >= 0.3 is 11.9 Å². The second kappa shape index (κ2) is 7.41. The maximum Gasteiger partial charge on any atom is 0.328 e. The average molecular weight is 265 g/mol. The molecule has 0 saturated heterocycles. The van der Waals surface area contributed by atoms with Crippen molar-refractivity contribution in [1.82, 2.24) is 0 Å². The quantitative estimate of drug-likeness (QED) is 0.738. The Morgan fingerprint density at radius 3 is 2.47 bits per heavy atom. The Balaban J connectivity index is 2.52. The molecule has 19 heavy (non-hydrogen) atoms. The van der Waals surface area contributed by atoms with Crippen LogP contribution in [-0.4, -0.2) is 29.7 Å². The van der Waals surface area contributed by atoms with Crippen LogP contribution in [0.5, 0.6) is 0 Å². The lowest BCUT2D eigenvalue weighted by atomic mass is 10.1. The topological polar surface area (TPSA) is 75.6 Å². The first-order valence-corrected chi connectivity index (χ1v) is 6.26. The summed E-state index contributed by atoms with van der Waals surface area (Å²) in [6.07, 6.45) is 0.620. The van der Waals surface area contributed by atoms with Gasteiger partial charge in [-0.25, -0.2) is 4.79 Å². The number of rotatable bonds is 7. The molecule has 0 spiro atoms. The first-order chi connectivity index (χ1) is 9.02. The summed E-state index contributed by atoms with van der Waals surface area (Å²) in [5.74, 6) is -1.10. The van der Waals surface area contributed by atoms with E-state index in [0.717, 1.165) is 11.3 Å². The van der Waals surface area contributed by atoms with Gasteiger partial charge in [-0.05, 0) is 38.0 Å². The van der Waals surface area contributed by atoms with E-state index >= 15 is 0 Å². The van der Waals surface area contributed by atoms with Crippen molar-refractivity contribution in [1.29, 1.82) is 0 Å². The molecule has 0 aliphatic rings. The summed E-state index contributed by atoms with van der Waals surface area (Å²) in [7, 11) is 0. The third-order valence-corrected chi connectivity index (χ3v) is 2.60. The lowest BCUT2D eigenvalue weighted by molar-refractivity contribution is -0.143. The number of carboxylic acid groups (broad SMARTS) is 1. The van der Waals surface area contributed by atoms with E-state index in [0.29, 0.717) is 13.0 Å². The highest BCUT2D eigenvalue weighted by Crippen LogP contribution is 2.12. The van der Waals surface area contributed by atoms with Crippen LogP contribution in [0.1, 0.15) is 25.8 Å². The molecule has 5 heteroatoms. The lowest BCUT2D eigenvalue weighted by Crippen LogP contribution is -2.28. The van der Waals surface area contributed by atoms with Crippen LogP contribution in [0.3, 0.4) is 0 Å². The molecule has 0 unspecified atom stereocenters. The Morgan fingerprint density at radius 1 is 1.32 bits per heavy atom. The summed E-state index contributed by atoms with van der Waals surface area (Å²) in [5.41, 5.74) is 1.76. The van der Waals surface area contributed by atoms with Gasteiger partial charge in [0.15, 0.2) is 0 Å². The molecule has 2 N–H and O–H groups in total. The van der Waals surface area contributed by atoms with Crippen molar-refractivity contribution in [2.24, 2.45) is 0 Å². The number of aliphatic carboxylic acids is 1. The summed E-state index contributed by atoms with van der Waals surface area (Å²) in [4.78, 5) is 21.9. The summed E-state index contributed by atoms with van der Waals surface area (Å²) in [6, 6.07) is 6.94. The third-order valence-electron chi connectivity index (χ3n) is 2.60. The van der Waals surface area contributed by atoms with Crippen molar-refractivity contribution in [2.75, 3.05) is 11.9 Å². The molecule has 0 amide bonds. The van der Waals surface area contributed by atoms with Gasteiger partial charge in [-0.2, -0.15) is 0 Å². The molecule has 104 valence electrons. The smallest absolute Gasteiger partial charge is 0.328 e. The SMILES string of the molecule is CCOC(=O)[C@H](C)Nc1ccc(CCC(=O)O)cc1. The summed E-state index contributed by atoms with van der Waals surface area (Å²) >= 11 is 0. The van der Waals surface area contributed by atoms with E-state index in [2.05, 4.69) is 5.32 Å². The number of carboxylic acids is 1. The first kappa shape index (κ1) is 15.0. The van der Waals surface area contributed by atoms with Crippen LogP contribution in [0, 0.1) is 0 Å². The zero-order chi connectivity index (χ0) is 14.3. The highest BCUT2D eigenvalue weighted by Gasteiger charge is 2.13. The molecule has 0 aromatic heterocycles. The molecule has 0 bridgehead atoms. The van der Waals surface area contributed by atoms with Crippen molar-refractivity contribution in [3.8, 4) is 0 Å². The van der Waals surface area contributed by atoms with E-state index in [4.69, 9.17) is 9.84 Å². The molecular weight excluding hydrogens is 246 g/mol. The number of carbonyl (C=O) groups excluding carboxylic acids is 1. The molecule has 0 aliphatic heterocycles. The zero-order valence-electron chi connectivity index (χ0n) is 11.2. The largest absolute Gasteiger partial charge is 0.481 e. The Morgan fingerprint density at radius 2 is 1.95 bits per heavy atom. The second-order valence-electron chi connectivity index (χ2n) is 4.21. The van der Waals surface area contributed by atoms with E-state index < -0.39 is 12.0 Å². The number of benzene rings is 1. The van der Waals surface area contributed by atoms with Crippen molar-refractivity contribution in [2.45, 2.75) is 32.7 Å². The fourth-order valence-electron chi connectivity index (χ4n) is 1.60. The van der Waals surface area contributed by atoms with Gasteiger partial charge in [0.1, 0.15) is 6.04 Å². The van der Waals surface area contributed by atoms with Crippen LogP contribution >= 0.6 is 0 Å². The van der Waals surface area contributed by atoms with Crippen molar-refractivity contribution in [3.63, 3.8) is 0 Å². The number of nitrogens with one attached hydrogen (secondary N) is 1. The predicted molar refractivity (Wildman–Crippen MR) is 72.1 cm³/mol.